The third-order valence-electron chi connectivity index (χ3n) is 4.00. The zero-order valence-corrected chi connectivity index (χ0v) is 18.1. The zero-order chi connectivity index (χ0) is 18.9. The van der Waals surface area contributed by atoms with Gasteiger partial charge in [-0.2, -0.15) is 0 Å². The van der Waals surface area contributed by atoms with Crippen LogP contribution in [0.5, 0.6) is 5.75 Å². The molecular formula is C19H16Cl3NO2Se. The van der Waals surface area contributed by atoms with Crippen LogP contribution in [0.4, 0.5) is 5.69 Å². The van der Waals surface area contributed by atoms with Crippen molar-refractivity contribution in [3.05, 3.63) is 64.3 Å². The van der Waals surface area contributed by atoms with E-state index in [1.54, 1.807) is 37.5 Å². The molecule has 0 unspecified atom stereocenters. The predicted molar refractivity (Wildman–Crippen MR) is 109 cm³/mol. The van der Waals surface area contributed by atoms with Gasteiger partial charge in [0, 0.05) is 0 Å². The zero-order valence-electron chi connectivity index (χ0n) is 14.1. The fraction of sp³-hybridized carbons (Fsp3) is 0.211. The van der Waals surface area contributed by atoms with E-state index in [0.29, 0.717) is 11.1 Å². The Hall–Kier alpha value is -1.16. The predicted octanol–water partition coefficient (Wildman–Crippen LogP) is 4.42. The molecule has 0 spiro atoms. The van der Waals surface area contributed by atoms with Gasteiger partial charge in [-0.3, -0.25) is 0 Å². The molecule has 7 heteroatoms. The Morgan fingerprint density at radius 3 is 2.46 bits per heavy atom. The van der Waals surface area contributed by atoms with Crippen molar-refractivity contribution >= 4 is 65.7 Å². The number of hydrogen-bond donors (Lipinski definition) is 0. The van der Waals surface area contributed by atoms with E-state index >= 15 is 0 Å². The van der Waals surface area contributed by atoms with E-state index in [0.717, 1.165) is 22.6 Å². The van der Waals surface area contributed by atoms with E-state index in [1.807, 2.05) is 12.1 Å². The van der Waals surface area contributed by atoms with Gasteiger partial charge < -0.3 is 0 Å². The van der Waals surface area contributed by atoms with Crippen molar-refractivity contribution in [3.63, 3.8) is 0 Å². The number of benzene rings is 2. The van der Waals surface area contributed by atoms with Crippen LogP contribution in [-0.2, 0) is 3.79 Å². The summed E-state index contributed by atoms with van der Waals surface area (Å²) in [6.45, 7) is 2.85. The van der Waals surface area contributed by atoms with E-state index in [4.69, 9.17) is 39.5 Å². The van der Waals surface area contributed by atoms with Gasteiger partial charge in [-0.25, -0.2) is 0 Å². The van der Waals surface area contributed by atoms with Gasteiger partial charge in [0.1, 0.15) is 0 Å². The first-order valence-corrected chi connectivity index (χ1v) is 10.7. The van der Waals surface area contributed by atoms with Crippen LogP contribution in [0.2, 0.25) is 0 Å². The molecule has 0 saturated carbocycles. The minimum absolute atomic E-state index is 0.0593. The molecule has 1 aliphatic rings. The van der Waals surface area contributed by atoms with E-state index in [-0.39, 0.29) is 20.7 Å². The Bertz CT molecular complexity index is 860. The molecule has 0 amide bonds. The quantitative estimate of drug-likeness (QED) is 0.284. The number of allylic oxidation sites excluding steroid dienone is 1. The number of nitrogens with zero attached hydrogens (tertiary/aromatic N) is 1. The van der Waals surface area contributed by atoms with E-state index in [9.17, 15) is 4.79 Å². The van der Waals surface area contributed by atoms with Crippen molar-refractivity contribution in [2.45, 2.75) is 10.7 Å². The Morgan fingerprint density at radius 1 is 1.19 bits per heavy atom. The number of methoxy groups -OCH3 is 1. The van der Waals surface area contributed by atoms with Gasteiger partial charge in [-0.15, -0.1) is 0 Å². The second-order valence-electron chi connectivity index (χ2n) is 5.60. The van der Waals surface area contributed by atoms with Crippen LogP contribution >= 0.6 is 34.8 Å². The average molecular weight is 476 g/mol. The third-order valence-corrected chi connectivity index (χ3v) is 6.99. The molecule has 3 nitrogen and oxygen atoms in total. The fourth-order valence-electron chi connectivity index (χ4n) is 2.66. The summed E-state index contributed by atoms with van der Waals surface area (Å²) in [5.41, 5.74) is 2.21. The molecule has 136 valence electrons. The summed E-state index contributed by atoms with van der Waals surface area (Å²) in [4.78, 5) is 14.8. The summed E-state index contributed by atoms with van der Waals surface area (Å²) in [7, 11) is 1.65. The summed E-state index contributed by atoms with van der Waals surface area (Å²) in [5, 5.41) is 0. The molecule has 0 atom stereocenters. The van der Waals surface area contributed by atoms with E-state index < -0.39 is 3.79 Å². The van der Waals surface area contributed by atoms with Crippen molar-refractivity contribution in [2.24, 2.45) is 0 Å². The van der Waals surface area contributed by atoms with Crippen LogP contribution in [-0.4, -0.2) is 34.4 Å². The molecule has 3 rings (SSSR count). The van der Waals surface area contributed by atoms with Crippen LogP contribution in [0.1, 0.15) is 22.8 Å². The van der Waals surface area contributed by atoms with Crippen molar-refractivity contribution in [1.29, 1.82) is 0 Å². The molecule has 1 heterocycles. The van der Waals surface area contributed by atoms with Gasteiger partial charge in [0.2, 0.25) is 0 Å². The molecule has 0 saturated heterocycles. The number of anilines is 1. The maximum absolute atomic E-state index is 12.7. The Morgan fingerprint density at radius 2 is 1.88 bits per heavy atom. The molecule has 0 fully saturated rings. The number of halogens is 3. The molecule has 2 aromatic rings. The molecule has 0 aliphatic carbocycles. The summed E-state index contributed by atoms with van der Waals surface area (Å²) in [5.74, 6) is 0.754. The van der Waals surface area contributed by atoms with Gasteiger partial charge in [0.15, 0.2) is 0 Å². The normalized spacial score (nSPS) is 15.3. The van der Waals surface area contributed by atoms with Gasteiger partial charge in [0.05, 0.1) is 0 Å². The van der Waals surface area contributed by atoms with Gasteiger partial charge in [-0.05, 0) is 0 Å². The van der Waals surface area contributed by atoms with E-state index in [2.05, 4.69) is 17.9 Å². The van der Waals surface area contributed by atoms with E-state index in [1.165, 1.54) is 4.46 Å². The van der Waals surface area contributed by atoms with Crippen molar-refractivity contribution < 1.29 is 9.53 Å². The van der Waals surface area contributed by atoms with Crippen LogP contribution in [0.25, 0.3) is 0 Å². The maximum atomic E-state index is 12.7. The molecule has 26 heavy (non-hydrogen) atoms. The van der Waals surface area contributed by atoms with Crippen LogP contribution in [0.15, 0.2) is 53.1 Å². The average Bonchev–Trinajstić information content (AvgIpc) is 2.96. The molecule has 0 bridgehead atoms. The van der Waals surface area contributed by atoms with Gasteiger partial charge in [-0.1, -0.05) is 0 Å². The van der Waals surface area contributed by atoms with Crippen molar-refractivity contribution in [1.82, 2.24) is 0 Å². The number of rotatable bonds is 4. The van der Waals surface area contributed by atoms with Crippen LogP contribution in [0.3, 0.4) is 0 Å². The summed E-state index contributed by atoms with van der Waals surface area (Å²) in [6, 6.07) is 12.7. The standard InChI is InChI=1S/C19H16Cl3NO2Se/c1-3-23-15-10-14(25-2)8-9-17(15)26-18(23)11-16(24)12-4-6-13(7-5-12)19(20,21)22/h4-11H,3H2,1-2H3. The number of carbonyl (C=O) groups excluding carboxylic acids is 1. The second kappa shape index (κ2) is 7.84. The number of alkyl halides is 3. The number of carbonyl (C=O) groups is 1. The number of ether oxygens (including phenoxy) is 1. The number of fused-ring (bicyclic) bond motifs is 1. The molecule has 0 aromatic heterocycles. The van der Waals surface area contributed by atoms with Crippen LogP contribution in [0, 0.1) is 0 Å². The third kappa shape index (κ3) is 4.05. The monoisotopic (exact) mass is 475 g/mol. The summed E-state index contributed by atoms with van der Waals surface area (Å²) < 4.78 is 6.09. The first kappa shape index (κ1) is 19.6. The van der Waals surface area contributed by atoms with Crippen LogP contribution < -0.4 is 14.1 Å². The minimum atomic E-state index is -1.49. The fourth-order valence-corrected chi connectivity index (χ4v) is 5.43. The Balaban J connectivity index is 1.86. The summed E-state index contributed by atoms with van der Waals surface area (Å²) in [6.07, 6.45) is 1.71. The number of hydrogen-bond acceptors (Lipinski definition) is 3. The number of ketones is 1. The molecule has 1 aliphatic heterocycles. The summed E-state index contributed by atoms with van der Waals surface area (Å²) >= 11 is 17.7. The second-order valence-corrected chi connectivity index (χ2v) is 10.1. The topological polar surface area (TPSA) is 29.5 Å². The molecule has 0 N–H and O–H groups in total. The van der Waals surface area contributed by atoms with Gasteiger partial charge >= 0.3 is 175 Å². The SMILES string of the molecule is CCN1C(=CC(=O)c2ccc(C(Cl)(Cl)Cl)cc2)[Se]c2ccc(OC)cc21. The molecular weight excluding hydrogens is 460 g/mol. The molecule has 2 aromatic carbocycles. The Labute approximate surface area is 174 Å². The first-order valence-electron chi connectivity index (χ1n) is 7.90. The van der Waals surface area contributed by atoms with Crippen molar-refractivity contribution in [2.75, 3.05) is 18.6 Å². The van der Waals surface area contributed by atoms with Crippen molar-refractivity contribution in [3.8, 4) is 5.75 Å². The Kier molecular flexibility index (Phi) is 5.91. The van der Waals surface area contributed by atoms with Gasteiger partial charge in [0.25, 0.3) is 0 Å². The first-order chi connectivity index (χ1) is 12.3. The molecule has 0 radical (unpaired) electrons.